The summed E-state index contributed by atoms with van der Waals surface area (Å²) >= 11 is 0. The lowest BCUT2D eigenvalue weighted by Gasteiger charge is -2.04. The molecule has 0 unspecified atom stereocenters. The predicted octanol–water partition coefficient (Wildman–Crippen LogP) is 3.48. The number of nitrogens with two attached hydrogens (primary N) is 1. The lowest BCUT2D eigenvalue weighted by Crippen LogP contribution is -2.11. The van der Waals surface area contributed by atoms with E-state index in [0.29, 0.717) is 12.8 Å². The molecule has 0 radical (unpaired) electrons. The molecule has 3 N–H and O–H groups in total. The zero-order valence-corrected chi connectivity index (χ0v) is 12.5. The molecule has 0 aromatic heterocycles. The third-order valence-electron chi connectivity index (χ3n) is 2.63. The molecular weight excluding hydrogens is 252 g/mol. The number of benzene rings is 1. The molecule has 0 heterocycles. The van der Waals surface area contributed by atoms with Gasteiger partial charge in [-0.25, -0.2) is 0 Å². The van der Waals surface area contributed by atoms with Crippen LogP contribution in [-0.2, 0) is 9.59 Å². The van der Waals surface area contributed by atoms with Crippen LogP contribution in [0.25, 0.3) is 0 Å². The number of primary amides is 1. The number of unbranched alkanes of at least 4 members (excludes halogenated alkanes) is 3. The lowest BCUT2D eigenvalue weighted by atomic mass is 10.1. The average molecular weight is 278 g/mol. The van der Waals surface area contributed by atoms with Crippen molar-refractivity contribution in [3.8, 4) is 0 Å². The summed E-state index contributed by atoms with van der Waals surface area (Å²) in [5, 5.41) is 2.84. The van der Waals surface area contributed by atoms with Gasteiger partial charge in [-0.1, -0.05) is 44.9 Å². The molecule has 0 aliphatic heterocycles. The van der Waals surface area contributed by atoms with Crippen LogP contribution in [0, 0.1) is 0 Å². The van der Waals surface area contributed by atoms with E-state index in [4.69, 9.17) is 5.73 Å². The van der Waals surface area contributed by atoms with Crippen molar-refractivity contribution in [2.75, 3.05) is 5.32 Å². The van der Waals surface area contributed by atoms with Crippen LogP contribution in [0.2, 0.25) is 0 Å². The minimum atomic E-state index is -0.253. The maximum atomic E-state index is 11.6. The lowest BCUT2D eigenvalue weighted by molar-refractivity contribution is -0.118. The number of nitrogens with one attached hydrogen (secondary N) is 1. The van der Waals surface area contributed by atoms with Crippen LogP contribution in [0.15, 0.2) is 30.3 Å². The van der Waals surface area contributed by atoms with E-state index in [1.807, 2.05) is 44.2 Å². The zero-order chi connectivity index (χ0) is 15.2. The number of rotatable bonds is 8. The van der Waals surface area contributed by atoms with Crippen LogP contribution < -0.4 is 11.1 Å². The highest BCUT2D eigenvalue weighted by molar-refractivity contribution is 5.90. The smallest absolute Gasteiger partial charge is 0.224 e. The van der Waals surface area contributed by atoms with Gasteiger partial charge in [0, 0.05) is 18.5 Å². The normalized spacial score (nSPS) is 9.30. The van der Waals surface area contributed by atoms with Crippen molar-refractivity contribution in [3.63, 3.8) is 0 Å². The molecule has 4 nitrogen and oxygen atoms in total. The maximum Gasteiger partial charge on any atom is 0.224 e. The molecule has 1 aromatic carbocycles. The Kier molecular flexibility index (Phi) is 11.1. The summed E-state index contributed by atoms with van der Waals surface area (Å²) < 4.78 is 0. The summed E-state index contributed by atoms with van der Waals surface area (Å²) in [4.78, 5) is 22.1. The van der Waals surface area contributed by atoms with E-state index in [9.17, 15) is 9.59 Å². The number of anilines is 1. The first kappa shape index (κ1) is 18.2. The maximum absolute atomic E-state index is 11.6. The van der Waals surface area contributed by atoms with Gasteiger partial charge in [0.05, 0.1) is 0 Å². The SMILES string of the molecule is CC.NC(=O)CCCCCCC(=O)Nc1ccccc1. The Balaban J connectivity index is 0.00000172. The Morgan fingerprint density at radius 3 is 2.05 bits per heavy atom. The van der Waals surface area contributed by atoms with E-state index < -0.39 is 0 Å². The summed E-state index contributed by atoms with van der Waals surface area (Å²) in [6, 6.07) is 9.42. The molecule has 4 heteroatoms. The summed E-state index contributed by atoms with van der Waals surface area (Å²) in [5.41, 5.74) is 5.87. The standard InChI is InChI=1S/C14H20N2O2.C2H6/c15-13(17)10-6-1-2-7-11-14(18)16-12-8-4-3-5-9-12;1-2/h3-5,8-9H,1-2,6-7,10-11H2,(H2,15,17)(H,16,18);1-2H3. The Hall–Kier alpha value is -1.84. The van der Waals surface area contributed by atoms with Crippen LogP contribution in [-0.4, -0.2) is 11.8 Å². The molecule has 1 rings (SSSR count). The minimum absolute atomic E-state index is 0.0381. The number of para-hydroxylation sites is 1. The van der Waals surface area contributed by atoms with Gasteiger partial charge < -0.3 is 11.1 Å². The van der Waals surface area contributed by atoms with E-state index >= 15 is 0 Å². The Labute approximate surface area is 121 Å². The molecule has 0 saturated heterocycles. The monoisotopic (exact) mass is 278 g/mol. The quantitative estimate of drug-likeness (QED) is 0.715. The van der Waals surface area contributed by atoms with Crippen molar-refractivity contribution in [1.82, 2.24) is 0 Å². The van der Waals surface area contributed by atoms with Crippen molar-refractivity contribution in [3.05, 3.63) is 30.3 Å². The Morgan fingerprint density at radius 1 is 0.950 bits per heavy atom. The molecule has 20 heavy (non-hydrogen) atoms. The predicted molar refractivity (Wildman–Crippen MR) is 83.3 cm³/mol. The van der Waals surface area contributed by atoms with Crippen molar-refractivity contribution in [1.29, 1.82) is 0 Å². The Bertz CT molecular complexity index is 377. The fraction of sp³-hybridized carbons (Fsp3) is 0.500. The van der Waals surface area contributed by atoms with E-state index in [-0.39, 0.29) is 11.8 Å². The molecule has 2 amide bonds. The van der Waals surface area contributed by atoms with E-state index in [0.717, 1.165) is 31.4 Å². The van der Waals surface area contributed by atoms with Gasteiger partial charge in [0.1, 0.15) is 0 Å². The summed E-state index contributed by atoms with van der Waals surface area (Å²) in [6.45, 7) is 4.00. The summed E-state index contributed by atoms with van der Waals surface area (Å²) in [5.74, 6) is -0.215. The molecule has 0 aliphatic rings. The second kappa shape index (κ2) is 12.2. The molecule has 0 spiro atoms. The number of carbonyl (C=O) groups excluding carboxylic acids is 2. The molecule has 0 atom stereocenters. The van der Waals surface area contributed by atoms with Gasteiger partial charge >= 0.3 is 0 Å². The summed E-state index contributed by atoms with van der Waals surface area (Å²) in [6.07, 6.45) is 4.52. The number of amides is 2. The van der Waals surface area contributed by atoms with Crippen LogP contribution in [0.5, 0.6) is 0 Å². The van der Waals surface area contributed by atoms with Crippen molar-refractivity contribution in [2.24, 2.45) is 5.73 Å². The third kappa shape index (κ3) is 10.1. The van der Waals surface area contributed by atoms with Gasteiger partial charge in [-0.3, -0.25) is 9.59 Å². The van der Waals surface area contributed by atoms with Crippen LogP contribution in [0.4, 0.5) is 5.69 Å². The van der Waals surface area contributed by atoms with E-state index in [1.165, 1.54) is 0 Å². The van der Waals surface area contributed by atoms with Gasteiger partial charge in [0.2, 0.25) is 11.8 Å². The first-order chi connectivity index (χ1) is 9.68. The van der Waals surface area contributed by atoms with Crippen molar-refractivity contribution < 1.29 is 9.59 Å². The second-order valence-electron chi connectivity index (χ2n) is 4.29. The fourth-order valence-corrected chi connectivity index (χ4v) is 1.68. The molecular formula is C16H26N2O2. The number of carbonyl (C=O) groups is 2. The number of hydrogen-bond donors (Lipinski definition) is 2. The highest BCUT2D eigenvalue weighted by Gasteiger charge is 2.01. The largest absolute Gasteiger partial charge is 0.370 e. The first-order valence-corrected chi connectivity index (χ1v) is 7.31. The van der Waals surface area contributed by atoms with Gasteiger partial charge in [0.15, 0.2) is 0 Å². The Morgan fingerprint density at radius 2 is 1.50 bits per heavy atom. The zero-order valence-electron chi connectivity index (χ0n) is 12.5. The van der Waals surface area contributed by atoms with E-state index in [1.54, 1.807) is 0 Å². The molecule has 0 aliphatic carbocycles. The van der Waals surface area contributed by atoms with Crippen LogP contribution in [0.1, 0.15) is 52.4 Å². The number of hydrogen-bond acceptors (Lipinski definition) is 2. The van der Waals surface area contributed by atoms with E-state index in [2.05, 4.69) is 5.32 Å². The highest BCUT2D eigenvalue weighted by Crippen LogP contribution is 2.08. The third-order valence-corrected chi connectivity index (χ3v) is 2.63. The second-order valence-corrected chi connectivity index (χ2v) is 4.29. The molecule has 0 fully saturated rings. The van der Waals surface area contributed by atoms with Gasteiger partial charge in [0.25, 0.3) is 0 Å². The van der Waals surface area contributed by atoms with Gasteiger partial charge in [-0.05, 0) is 25.0 Å². The molecule has 112 valence electrons. The van der Waals surface area contributed by atoms with Crippen molar-refractivity contribution >= 4 is 17.5 Å². The highest BCUT2D eigenvalue weighted by atomic mass is 16.1. The molecule has 0 saturated carbocycles. The van der Waals surface area contributed by atoms with Gasteiger partial charge in [-0.2, -0.15) is 0 Å². The molecule has 1 aromatic rings. The van der Waals surface area contributed by atoms with Crippen LogP contribution >= 0.6 is 0 Å². The van der Waals surface area contributed by atoms with Crippen LogP contribution in [0.3, 0.4) is 0 Å². The first-order valence-electron chi connectivity index (χ1n) is 7.31. The minimum Gasteiger partial charge on any atom is -0.370 e. The summed E-state index contributed by atoms with van der Waals surface area (Å²) in [7, 11) is 0. The van der Waals surface area contributed by atoms with Crippen molar-refractivity contribution in [2.45, 2.75) is 52.4 Å². The topological polar surface area (TPSA) is 72.2 Å². The fourth-order valence-electron chi connectivity index (χ4n) is 1.68. The van der Waals surface area contributed by atoms with Gasteiger partial charge in [-0.15, -0.1) is 0 Å². The molecule has 0 bridgehead atoms. The average Bonchev–Trinajstić information content (AvgIpc) is 2.45.